The van der Waals surface area contributed by atoms with Crippen molar-refractivity contribution in [2.75, 3.05) is 45.9 Å². The van der Waals surface area contributed by atoms with Gasteiger partial charge in [0.2, 0.25) is 0 Å². The third-order valence-electron chi connectivity index (χ3n) is 4.43. The summed E-state index contributed by atoms with van der Waals surface area (Å²) < 4.78 is 5.66. The van der Waals surface area contributed by atoms with Crippen LogP contribution in [0.2, 0.25) is 0 Å². The van der Waals surface area contributed by atoms with Crippen LogP contribution >= 0.6 is 0 Å². The Kier molecular flexibility index (Phi) is 7.69. The molecule has 1 aromatic carbocycles. The molecule has 136 valence electrons. The van der Waals surface area contributed by atoms with E-state index in [4.69, 9.17) is 4.74 Å². The molecule has 24 heavy (non-hydrogen) atoms. The number of β-amino-alcohol motifs (C(OH)–C–C–N with tert-alkyl or cyclic N) is 1. The summed E-state index contributed by atoms with van der Waals surface area (Å²) in [6, 6.07) is 10.7. The highest BCUT2D eigenvalue weighted by Crippen LogP contribution is 2.09. The number of aliphatic hydroxyl groups excluding tert-OH is 1. The van der Waals surface area contributed by atoms with Crippen molar-refractivity contribution in [2.45, 2.75) is 45.3 Å². The number of rotatable bonds is 8. The van der Waals surface area contributed by atoms with Crippen LogP contribution in [0.1, 0.15) is 32.8 Å². The predicted octanol–water partition coefficient (Wildman–Crippen LogP) is 2.41. The summed E-state index contributed by atoms with van der Waals surface area (Å²) in [7, 11) is 0. The molecular formula is C20H34N2O2. The van der Waals surface area contributed by atoms with Crippen LogP contribution < -0.4 is 0 Å². The Morgan fingerprint density at radius 3 is 2.29 bits per heavy atom. The highest BCUT2D eigenvalue weighted by Gasteiger charge is 2.20. The minimum absolute atomic E-state index is 0.182. The second kappa shape index (κ2) is 9.52. The summed E-state index contributed by atoms with van der Waals surface area (Å²) in [5.74, 6) is 0. The van der Waals surface area contributed by atoms with E-state index >= 15 is 0 Å². The fraction of sp³-hybridized carbons (Fsp3) is 0.700. The molecule has 1 atom stereocenters. The van der Waals surface area contributed by atoms with Gasteiger partial charge in [0.25, 0.3) is 0 Å². The van der Waals surface area contributed by atoms with E-state index in [1.54, 1.807) is 0 Å². The third kappa shape index (κ3) is 7.75. The Morgan fingerprint density at radius 1 is 1.04 bits per heavy atom. The molecule has 2 rings (SSSR count). The lowest BCUT2D eigenvalue weighted by Crippen LogP contribution is -2.49. The molecular weight excluding hydrogens is 300 g/mol. The molecule has 0 saturated carbocycles. The Balaban J connectivity index is 1.57. The number of benzene rings is 1. The van der Waals surface area contributed by atoms with Crippen molar-refractivity contribution >= 4 is 0 Å². The molecule has 0 aromatic heterocycles. The van der Waals surface area contributed by atoms with Crippen molar-refractivity contribution in [1.82, 2.24) is 9.80 Å². The summed E-state index contributed by atoms with van der Waals surface area (Å²) in [5, 5.41) is 10.1. The first-order valence-corrected chi connectivity index (χ1v) is 9.23. The van der Waals surface area contributed by atoms with Gasteiger partial charge in [0.1, 0.15) is 0 Å². The largest absolute Gasteiger partial charge is 0.389 e. The van der Waals surface area contributed by atoms with Crippen LogP contribution in [0.3, 0.4) is 0 Å². The number of ether oxygens (including phenoxy) is 1. The molecule has 0 amide bonds. The Bertz CT molecular complexity index is 450. The van der Waals surface area contributed by atoms with Gasteiger partial charge in [0.05, 0.1) is 18.3 Å². The molecule has 1 unspecified atom stereocenters. The third-order valence-corrected chi connectivity index (χ3v) is 4.43. The molecule has 1 N–H and O–H groups in total. The Labute approximate surface area is 147 Å². The first-order valence-electron chi connectivity index (χ1n) is 9.23. The predicted molar refractivity (Wildman–Crippen MR) is 99.4 cm³/mol. The van der Waals surface area contributed by atoms with E-state index in [2.05, 4.69) is 40.1 Å². The summed E-state index contributed by atoms with van der Waals surface area (Å²) in [5.41, 5.74) is 1.25. The SMILES string of the molecule is CC(C)(C)OCC(O)CN1CCN(CCCc2ccccc2)CC1. The van der Waals surface area contributed by atoms with E-state index < -0.39 is 6.10 Å². The highest BCUT2D eigenvalue weighted by atomic mass is 16.5. The first-order chi connectivity index (χ1) is 11.4. The molecule has 1 heterocycles. The lowest BCUT2D eigenvalue weighted by atomic mass is 10.1. The lowest BCUT2D eigenvalue weighted by Gasteiger charge is -2.36. The summed E-state index contributed by atoms with van der Waals surface area (Å²) >= 11 is 0. The van der Waals surface area contributed by atoms with E-state index in [0.29, 0.717) is 13.2 Å². The topological polar surface area (TPSA) is 35.9 Å². The maximum absolute atomic E-state index is 10.1. The van der Waals surface area contributed by atoms with Gasteiger partial charge in [-0.05, 0) is 45.7 Å². The summed E-state index contributed by atoms with van der Waals surface area (Å²) in [6.45, 7) is 12.6. The van der Waals surface area contributed by atoms with E-state index in [1.165, 1.54) is 18.5 Å². The van der Waals surface area contributed by atoms with Crippen molar-refractivity contribution < 1.29 is 9.84 Å². The molecule has 0 spiro atoms. The molecule has 0 bridgehead atoms. The molecule has 1 saturated heterocycles. The van der Waals surface area contributed by atoms with Crippen LogP contribution in [0.15, 0.2) is 30.3 Å². The summed E-state index contributed by atoms with van der Waals surface area (Å²) in [4.78, 5) is 4.89. The minimum Gasteiger partial charge on any atom is -0.389 e. The monoisotopic (exact) mass is 334 g/mol. The number of hydrogen-bond acceptors (Lipinski definition) is 4. The normalized spacial score (nSPS) is 18.7. The first kappa shape index (κ1) is 19.4. The Morgan fingerprint density at radius 2 is 1.67 bits per heavy atom. The summed E-state index contributed by atoms with van der Waals surface area (Å²) in [6.07, 6.45) is 1.98. The number of hydrogen-bond donors (Lipinski definition) is 1. The van der Waals surface area contributed by atoms with Gasteiger partial charge in [-0.15, -0.1) is 0 Å². The van der Waals surface area contributed by atoms with Crippen LogP contribution in [0.5, 0.6) is 0 Å². The zero-order chi connectivity index (χ0) is 17.4. The van der Waals surface area contributed by atoms with Crippen molar-refractivity contribution in [3.63, 3.8) is 0 Å². The molecule has 1 aromatic rings. The molecule has 0 aliphatic carbocycles. The number of nitrogens with zero attached hydrogens (tertiary/aromatic N) is 2. The molecule has 1 aliphatic heterocycles. The molecule has 4 heteroatoms. The van der Waals surface area contributed by atoms with E-state index in [-0.39, 0.29) is 5.60 Å². The van der Waals surface area contributed by atoms with Crippen LogP contribution in [0.25, 0.3) is 0 Å². The molecule has 0 radical (unpaired) electrons. The second-order valence-electron chi connectivity index (χ2n) is 7.81. The van der Waals surface area contributed by atoms with Crippen molar-refractivity contribution in [3.05, 3.63) is 35.9 Å². The van der Waals surface area contributed by atoms with E-state index in [0.717, 1.165) is 32.6 Å². The van der Waals surface area contributed by atoms with Gasteiger partial charge in [-0.1, -0.05) is 30.3 Å². The van der Waals surface area contributed by atoms with Crippen LogP contribution in [-0.2, 0) is 11.2 Å². The maximum Gasteiger partial charge on any atom is 0.0900 e. The number of piperazine rings is 1. The fourth-order valence-electron chi connectivity index (χ4n) is 3.04. The standard InChI is InChI=1S/C20H34N2O2/c1-20(2,3)24-17-19(23)16-22-14-12-21(13-15-22)11-7-10-18-8-5-4-6-9-18/h4-6,8-9,19,23H,7,10-17H2,1-3H3. The smallest absolute Gasteiger partial charge is 0.0900 e. The maximum atomic E-state index is 10.1. The highest BCUT2D eigenvalue weighted by molar-refractivity contribution is 5.14. The zero-order valence-corrected chi connectivity index (χ0v) is 15.6. The van der Waals surface area contributed by atoms with Gasteiger partial charge < -0.3 is 14.7 Å². The molecule has 4 nitrogen and oxygen atoms in total. The van der Waals surface area contributed by atoms with Crippen molar-refractivity contribution in [3.8, 4) is 0 Å². The average molecular weight is 335 g/mol. The van der Waals surface area contributed by atoms with Crippen LogP contribution in [0, 0.1) is 0 Å². The van der Waals surface area contributed by atoms with Gasteiger partial charge in [0.15, 0.2) is 0 Å². The second-order valence-corrected chi connectivity index (χ2v) is 7.81. The average Bonchev–Trinajstić information content (AvgIpc) is 2.55. The van der Waals surface area contributed by atoms with Crippen LogP contribution in [-0.4, -0.2) is 72.5 Å². The van der Waals surface area contributed by atoms with E-state index in [9.17, 15) is 5.11 Å². The molecule has 1 fully saturated rings. The van der Waals surface area contributed by atoms with Gasteiger partial charge >= 0.3 is 0 Å². The van der Waals surface area contributed by atoms with Crippen molar-refractivity contribution in [2.24, 2.45) is 0 Å². The fourth-order valence-corrected chi connectivity index (χ4v) is 3.04. The van der Waals surface area contributed by atoms with Gasteiger partial charge in [0, 0.05) is 32.7 Å². The van der Waals surface area contributed by atoms with Crippen LogP contribution in [0.4, 0.5) is 0 Å². The lowest BCUT2D eigenvalue weighted by molar-refractivity contribution is -0.0585. The van der Waals surface area contributed by atoms with Crippen molar-refractivity contribution in [1.29, 1.82) is 0 Å². The molecule has 1 aliphatic rings. The van der Waals surface area contributed by atoms with Gasteiger partial charge in [-0.25, -0.2) is 0 Å². The van der Waals surface area contributed by atoms with Gasteiger partial charge in [-0.3, -0.25) is 4.90 Å². The minimum atomic E-state index is -0.395. The zero-order valence-electron chi connectivity index (χ0n) is 15.6. The van der Waals surface area contributed by atoms with Gasteiger partial charge in [-0.2, -0.15) is 0 Å². The number of aryl methyl sites for hydroxylation is 1. The quantitative estimate of drug-likeness (QED) is 0.792. The Hall–Kier alpha value is -0.940. The van der Waals surface area contributed by atoms with E-state index in [1.807, 2.05) is 20.8 Å². The number of aliphatic hydroxyl groups is 1.